The molecule has 13 nitrogen and oxygen atoms in total. The topological polar surface area (TPSA) is 175 Å². The minimum absolute atomic E-state index is 0.0776. The van der Waals surface area contributed by atoms with Crippen molar-refractivity contribution in [2.24, 2.45) is 0 Å². The van der Waals surface area contributed by atoms with Crippen molar-refractivity contribution in [3.8, 4) is 11.5 Å². The zero-order chi connectivity index (χ0) is 37.3. The lowest BCUT2D eigenvalue weighted by atomic mass is 9.95. The molecule has 0 saturated carbocycles. The largest absolute Gasteiger partial charge is 0.495 e. The smallest absolute Gasteiger partial charge is 0.479 e. The Balaban J connectivity index is 1.09. The standard InChI is InChI=1S/C37H37N3O10P2/c1-24-9-13-28(14-10-24)36(41)38-19-20-48-52(44,45)50-51(43)49-30-16-11-27(12-17-30)23-47-37(42)40-34-22-29(15-18-35(34)46-4)26(3)32-21-25(2)39-33-8-6-5-7-31(32)33/h5-18,21-22,43H,3,19-20,23H2,1-2,4H3,(H,38,41)(H,40,42)(H,44,45). The van der Waals surface area contributed by atoms with Gasteiger partial charge in [0.25, 0.3) is 5.91 Å². The number of pyridine rings is 1. The van der Waals surface area contributed by atoms with Crippen LogP contribution in [0, 0.1) is 13.8 Å². The van der Waals surface area contributed by atoms with Gasteiger partial charge >= 0.3 is 22.5 Å². The van der Waals surface area contributed by atoms with E-state index in [1.165, 1.54) is 19.2 Å². The summed E-state index contributed by atoms with van der Waals surface area (Å²) in [5.41, 5.74) is 6.54. The van der Waals surface area contributed by atoms with Gasteiger partial charge in [0.2, 0.25) is 0 Å². The Hall–Kier alpha value is -5.13. The molecule has 4 N–H and O–H groups in total. The van der Waals surface area contributed by atoms with E-state index < -0.39 is 22.5 Å². The van der Waals surface area contributed by atoms with E-state index in [0.717, 1.165) is 38.9 Å². The molecule has 1 heterocycles. The second-order valence-electron chi connectivity index (χ2n) is 11.4. The molecule has 4 aromatic carbocycles. The molecule has 0 spiro atoms. The van der Waals surface area contributed by atoms with Crippen molar-refractivity contribution in [3.05, 3.63) is 137 Å². The number of fused-ring (bicyclic) bond motifs is 1. The van der Waals surface area contributed by atoms with Crippen LogP contribution in [0.2, 0.25) is 0 Å². The highest BCUT2D eigenvalue weighted by Crippen LogP contribution is 2.55. The lowest BCUT2D eigenvalue weighted by Gasteiger charge is -2.16. The number of phosphoric ester groups is 1. The number of carbonyl (C=O) groups excluding carboxylic acids is 2. The Morgan fingerprint density at radius 1 is 0.942 bits per heavy atom. The fraction of sp³-hybridized carbons (Fsp3) is 0.162. The number of rotatable bonds is 15. The van der Waals surface area contributed by atoms with Gasteiger partial charge in [-0.25, -0.2) is 13.7 Å². The third kappa shape index (κ3) is 10.5. The number of nitrogens with one attached hydrogen (secondary N) is 2. The predicted octanol–water partition coefficient (Wildman–Crippen LogP) is 7.83. The van der Waals surface area contributed by atoms with Crippen LogP contribution >= 0.6 is 16.4 Å². The monoisotopic (exact) mass is 745 g/mol. The predicted molar refractivity (Wildman–Crippen MR) is 198 cm³/mol. The molecule has 2 amide bonds. The van der Waals surface area contributed by atoms with Crippen LogP contribution in [0.3, 0.4) is 0 Å². The summed E-state index contributed by atoms with van der Waals surface area (Å²) in [6.45, 7) is 7.60. The zero-order valence-electron chi connectivity index (χ0n) is 28.6. The molecule has 52 heavy (non-hydrogen) atoms. The third-order valence-electron chi connectivity index (χ3n) is 7.56. The number of aryl methyl sites for hydroxylation is 2. The van der Waals surface area contributed by atoms with Gasteiger partial charge in [-0.15, -0.1) is 0 Å². The number of carbonyl (C=O) groups is 2. The van der Waals surface area contributed by atoms with Gasteiger partial charge in [-0.3, -0.25) is 19.6 Å². The molecular formula is C37H37N3O10P2. The van der Waals surface area contributed by atoms with Gasteiger partial charge in [0, 0.05) is 23.2 Å². The minimum Gasteiger partial charge on any atom is -0.495 e. The molecule has 0 bridgehead atoms. The number of nitrogens with zero attached hydrogens (tertiary/aromatic N) is 1. The van der Waals surface area contributed by atoms with Crippen LogP contribution in [0.4, 0.5) is 10.5 Å². The number of para-hydroxylation sites is 1. The average Bonchev–Trinajstić information content (AvgIpc) is 3.12. The SMILES string of the molecule is C=C(c1ccc(OC)c(NC(=O)OCc2ccc(OP(O)OP(=O)(O)OCCNC(=O)c3ccc(C)cc3)cc2)c1)c1cc(C)nc2ccccc12. The van der Waals surface area contributed by atoms with Crippen LogP contribution in [-0.4, -0.2) is 47.0 Å². The van der Waals surface area contributed by atoms with Gasteiger partial charge in [-0.1, -0.05) is 60.7 Å². The number of methoxy groups -OCH3 is 1. The zero-order valence-corrected chi connectivity index (χ0v) is 30.4. The Labute approximate surface area is 301 Å². The van der Waals surface area contributed by atoms with E-state index in [-0.39, 0.29) is 31.4 Å². The first-order valence-corrected chi connectivity index (χ1v) is 18.5. The lowest BCUT2D eigenvalue weighted by Crippen LogP contribution is -2.27. The second kappa shape index (κ2) is 17.4. The van der Waals surface area contributed by atoms with E-state index >= 15 is 0 Å². The van der Waals surface area contributed by atoms with Crippen LogP contribution in [0.25, 0.3) is 16.5 Å². The first-order valence-electron chi connectivity index (χ1n) is 15.9. The molecule has 0 fully saturated rings. The molecule has 0 aliphatic carbocycles. The van der Waals surface area contributed by atoms with Crippen LogP contribution in [0.5, 0.6) is 11.5 Å². The Kier molecular flexibility index (Phi) is 12.7. The van der Waals surface area contributed by atoms with E-state index in [0.29, 0.717) is 22.6 Å². The van der Waals surface area contributed by atoms with Crippen molar-refractivity contribution < 1.29 is 46.8 Å². The van der Waals surface area contributed by atoms with Gasteiger partial charge < -0.3 is 29.1 Å². The summed E-state index contributed by atoms with van der Waals surface area (Å²) in [6.07, 6.45) is -0.729. The van der Waals surface area contributed by atoms with Crippen LogP contribution in [-0.2, 0) is 24.7 Å². The van der Waals surface area contributed by atoms with E-state index in [2.05, 4.69) is 26.5 Å². The van der Waals surface area contributed by atoms with E-state index in [9.17, 15) is 23.9 Å². The van der Waals surface area contributed by atoms with Gasteiger partial charge in [0.1, 0.15) is 18.1 Å². The van der Waals surface area contributed by atoms with Crippen molar-refractivity contribution in [1.82, 2.24) is 10.3 Å². The first kappa shape index (κ1) is 38.1. The van der Waals surface area contributed by atoms with Crippen molar-refractivity contribution in [3.63, 3.8) is 0 Å². The summed E-state index contributed by atoms with van der Waals surface area (Å²) < 4.78 is 37.8. The Bertz CT molecular complexity index is 2110. The number of ether oxygens (including phenoxy) is 2. The average molecular weight is 746 g/mol. The van der Waals surface area contributed by atoms with E-state index in [4.69, 9.17) is 18.5 Å². The summed E-state index contributed by atoms with van der Waals surface area (Å²) in [4.78, 5) is 49.6. The van der Waals surface area contributed by atoms with E-state index in [1.807, 2.05) is 50.2 Å². The molecule has 5 aromatic rings. The quantitative estimate of drug-likeness (QED) is 0.0607. The molecule has 0 saturated heterocycles. The summed E-state index contributed by atoms with van der Waals surface area (Å²) >= 11 is 0. The number of benzene rings is 4. The van der Waals surface area contributed by atoms with Crippen molar-refractivity contribution >= 4 is 50.6 Å². The maximum absolute atomic E-state index is 12.8. The molecule has 2 atom stereocenters. The summed E-state index contributed by atoms with van der Waals surface area (Å²) in [5, 5.41) is 6.24. The highest BCUT2D eigenvalue weighted by Gasteiger charge is 2.28. The van der Waals surface area contributed by atoms with Crippen molar-refractivity contribution in [2.45, 2.75) is 20.5 Å². The third-order valence-corrected chi connectivity index (χ3v) is 9.82. The molecule has 0 aliphatic heterocycles. The van der Waals surface area contributed by atoms with E-state index in [1.54, 1.807) is 48.5 Å². The van der Waals surface area contributed by atoms with Crippen LogP contribution in [0.15, 0.2) is 104 Å². The van der Waals surface area contributed by atoms with Crippen molar-refractivity contribution in [2.75, 3.05) is 25.6 Å². The van der Waals surface area contributed by atoms with Crippen LogP contribution in [0.1, 0.15) is 38.3 Å². The molecule has 0 aliphatic rings. The Morgan fingerprint density at radius 2 is 1.65 bits per heavy atom. The normalized spacial score (nSPS) is 12.7. The van der Waals surface area contributed by atoms with Gasteiger partial charge in [-0.2, -0.15) is 0 Å². The highest BCUT2D eigenvalue weighted by molar-refractivity contribution is 7.58. The fourth-order valence-electron chi connectivity index (χ4n) is 5.00. The van der Waals surface area contributed by atoms with Crippen LogP contribution < -0.4 is 19.9 Å². The van der Waals surface area contributed by atoms with Crippen molar-refractivity contribution in [1.29, 1.82) is 0 Å². The number of anilines is 1. The summed E-state index contributed by atoms with van der Waals surface area (Å²) in [5.74, 6) is 0.167. The molecule has 15 heteroatoms. The maximum Gasteiger partial charge on any atom is 0.479 e. The van der Waals surface area contributed by atoms with Gasteiger partial charge in [-0.05, 0) is 84.6 Å². The molecule has 0 radical (unpaired) electrons. The lowest BCUT2D eigenvalue weighted by molar-refractivity contribution is 0.0941. The number of aromatic nitrogens is 1. The number of hydrogen-bond donors (Lipinski definition) is 4. The minimum atomic E-state index is -4.71. The molecule has 2 unspecified atom stereocenters. The van der Waals surface area contributed by atoms with Gasteiger partial charge in [0.15, 0.2) is 0 Å². The summed E-state index contributed by atoms with van der Waals surface area (Å²) in [7, 11) is -6.06. The highest BCUT2D eigenvalue weighted by atomic mass is 31.3. The fourth-order valence-corrected chi connectivity index (χ4v) is 6.65. The molecule has 1 aromatic heterocycles. The maximum atomic E-state index is 12.8. The number of phosphoric acid groups is 1. The summed E-state index contributed by atoms with van der Waals surface area (Å²) in [6, 6.07) is 28.1. The van der Waals surface area contributed by atoms with Gasteiger partial charge in [0.05, 0.1) is 24.9 Å². The molecule has 5 rings (SSSR count). The molecule has 270 valence electrons. The number of amides is 2. The Morgan fingerprint density at radius 3 is 2.38 bits per heavy atom. The first-order chi connectivity index (χ1) is 24.9. The molecular weight excluding hydrogens is 708 g/mol. The second-order valence-corrected chi connectivity index (χ2v) is 13.9. The number of hydrogen-bond acceptors (Lipinski definition) is 10.